The van der Waals surface area contributed by atoms with Crippen molar-refractivity contribution in [1.82, 2.24) is 15.2 Å². The first-order chi connectivity index (χ1) is 11.7. The van der Waals surface area contributed by atoms with Gasteiger partial charge in [0.1, 0.15) is 0 Å². The summed E-state index contributed by atoms with van der Waals surface area (Å²) in [5.74, 6) is 0.0532. The highest BCUT2D eigenvalue weighted by molar-refractivity contribution is 7.15. The molecule has 2 aromatic rings. The Hall–Kier alpha value is -1.18. The molecule has 1 aliphatic heterocycles. The van der Waals surface area contributed by atoms with Crippen LogP contribution in [0.3, 0.4) is 0 Å². The van der Waals surface area contributed by atoms with Crippen LogP contribution in [0.15, 0.2) is 30.3 Å². The topological polar surface area (TPSA) is 57.3 Å². The van der Waals surface area contributed by atoms with Gasteiger partial charge in [-0.15, -0.1) is 36.2 Å². The number of amides is 1. The molecule has 5 nitrogen and oxygen atoms in total. The molecule has 0 saturated heterocycles. The number of halogens is 2. The van der Waals surface area contributed by atoms with Crippen molar-refractivity contribution in [3.05, 3.63) is 46.5 Å². The zero-order valence-electron chi connectivity index (χ0n) is 14.9. The molecule has 144 valence electrons. The second-order valence-corrected chi connectivity index (χ2v) is 7.17. The number of benzene rings is 1. The van der Waals surface area contributed by atoms with E-state index in [0.717, 1.165) is 49.8 Å². The molecule has 0 unspecified atom stereocenters. The third-order valence-corrected chi connectivity index (χ3v) is 5.13. The summed E-state index contributed by atoms with van der Waals surface area (Å²) >= 11 is 1.62. The van der Waals surface area contributed by atoms with Gasteiger partial charge in [-0.2, -0.15) is 0 Å². The molecule has 0 fully saturated rings. The Bertz CT molecular complexity index is 681. The van der Waals surface area contributed by atoms with E-state index in [4.69, 9.17) is 0 Å². The van der Waals surface area contributed by atoms with Gasteiger partial charge in [0.25, 0.3) is 0 Å². The molecular weight excluding hydrogens is 391 g/mol. The van der Waals surface area contributed by atoms with Gasteiger partial charge in [-0.25, -0.2) is 4.98 Å². The molecule has 2 N–H and O–H groups in total. The Balaban J connectivity index is 0.00000169. The van der Waals surface area contributed by atoms with Crippen LogP contribution >= 0.6 is 36.2 Å². The smallest absolute Gasteiger partial charge is 0.226 e. The van der Waals surface area contributed by atoms with Gasteiger partial charge in [0.05, 0.1) is 5.69 Å². The van der Waals surface area contributed by atoms with Gasteiger partial charge in [-0.1, -0.05) is 30.3 Å². The highest BCUT2D eigenvalue weighted by atomic mass is 35.5. The lowest BCUT2D eigenvalue weighted by Gasteiger charge is -2.25. The number of carbonyl (C=O) groups excluding carboxylic acids is 1. The van der Waals surface area contributed by atoms with Gasteiger partial charge < -0.3 is 10.6 Å². The number of fused-ring (bicyclic) bond motifs is 1. The zero-order valence-corrected chi connectivity index (χ0v) is 17.3. The number of carbonyl (C=O) groups is 1. The molecule has 26 heavy (non-hydrogen) atoms. The number of rotatable bonds is 7. The highest BCUT2D eigenvalue weighted by Crippen LogP contribution is 2.29. The molecule has 0 saturated carbocycles. The highest BCUT2D eigenvalue weighted by Gasteiger charge is 2.21. The van der Waals surface area contributed by atoms with Crippen molar-refractivity contribution in [2.75, 3.05) is 25.5 Å². The van der Waals surface area contributed by atoms with Gasteiger partial charge in [-0.3, -0.25) is 9.69 Å². The molecule has 0 atom stereocenters. The maximum atomic E-state index is 11.9. The fraction of sp³-hybridized carbons (Fsp3) is 0.444. The Kier molecular flexibility index (Phi) is 10.1. The van der Waals surface area contributed by atoms with Gasteiger partial charge in [0.2, 0.25) is 5.91 Å². The minimum absolute atomic E-state index is 0. The van der Waals surface area contributed by atoms with Crippen LogP contribution < -0.4 is 10.6 Å². The predicted molar refractivity (Wildman–Crippen MR) is 113 cm³/mol. The molecule has 8 heteroatoms. The standard InChI is InChI=1S/C18H24N4OS.2ClH/c1-19-10-5-8-17(23)21-18-20-15-9-11-22(13-16(15)24-18)12-14-6-3-2-4-7-14;;/h2-4,6-7,19H,5,8-13H2,1H3,(H,20,21,23);2*1H. The van der Waals surface area contributed by atoms with Crippen LogP contribution in [0.5, 0.6) is 0 Å². The average Bonchev–Trinajstić information content (AvgIpc) is 2.97. The first-order valence-electron chi connectivity index (χ1n) is 8.44. The van der Waals surface area contributed by atoms with Crippen molar-refractivity contribution >= 4 is 47.2 Å². The fourth-order valence-corrected chi connectivity index (χ4v) is 3.95. The van der Waals surface area contributed by atoms with E-state index in [-0.39, 0.29) is 30.7 Å². The van der Waals surface area contributed by atoms with E-state index in [1.807, 2.05) is 13.1 Å². The van der Waals surface area contributed by atoms with Gasteiger partial charge >= 0.3 is 0 Å². The second kappa shape index (κ2) is 11.5. The van der Waals surface area contributed by atoms with Crippen molar-refractivity contribution in [2.45, 2.75) is 32.4 Å². The fourth-order valence-electron chi connectivity index (χ4n) is 2.89. The summed E-state index contributed by atoms with van der Waals surface area (Å²) in [6.07, 6.45) is 2.33. The number of nitrogens with one attached hydrogen (secondary N) is 2. The lowest BCUT2D eigenvalue weighted by molar-refractivity contribution is -0.116. The van der Waals surface area contributed by atoms with E-state index in [1.165, 1.54) is 10.4 Å². The summed E-state index contributed by atoms with van der Waals surface area (Å²) in [5, 5.41) is 6.74. The van der Waals surface area contributed by atoms with E-state index in [2.05, 4.69) is 44.8 Å². The van der Waals surface area contributed by atoms with Crippen LogP contribution in [0.2, 0.25) is 0 Å². The van der Waals surface area contributed by atoms with Crippen LogP contribution in [0.1, 0.15) is 29.0 Å². The molecule has 1 amide bonds. The average molecular weight is 417 g/mol. The molecule has 0 bridgehead atoms. The summed E-state index contributed by atoms with van der Waals surface area (Å²) in [6.45, 7) is 3.75. The Morgan fingerprint density at radius 3 is 2.77 bits per heavy atom. The van der Waals surface area contributed by atoms with Gasteiger partial charge in [0.15, 0.2) is 5.13 Å². The number of hydrogen-bond acceptors (Lipinski definition) is 5. The van der Waals surface area contributed by atoms with E-state index >= 15 is 0 Å². The summed E-state index contributed by atoms with van der Waals surface area (Å²) < 4.78 is 0. The first kappa shape index (κ1) is 22.9. The van der Waals surface area contributed by atoms with Crippen LogP contribution in [0, 0.1) is 0 Å². The summed E-state index contributed by atoms with van der Waals surface area (Å²) in [6, 6.07) is 10.5. The quantitative estimate of drug-likeness (QED) is 0.678. The zero-order chi connectivity index (χ0) is 16.8. The first-order valence-corrected chi connectivity index (χ1v) is 9.25. The second-order valence-electron chi connectivity index (χ2n) is 6.09. The SMILES string of the molecule is CNCCCC(=O)Nc1nc2c(s1)CN(Cc1ccccc1)CC2.Cl.Cl. The number of hydrogen-bond donors (Lipinski definition) is 2. The lowest BCUT2D eigenvalue weighted by atomic mass is 10.1. The maximum Gasteiger partial charge on any atom is 0.226 e. The number of thiazole rings is 1. The van der Waals surface area contributed by atoms with Crippen molar-refractivity contribution in [1.29, 1.82) is 0 Å². The number of aromatic nitrogens is 1. The van der Waals surface area contributed by atoms with Crippen LogP contribution in [-0.2, 0) is 24.3 Å². The van der Waals surface area contributed by atoms with Crippen LogP contribution in [0.4, 0.5) is 5.13 Å². The molecule has 1 aliphatic rings. The van der Waals surface area contributed by atoms with Crippen molar-refractivity contribution < 1.29 is 4.79 Å². The largest absolute Gasteiger partial charge is 0.320 e. The molecule has 0 aliphatic carbocycles. The molecular formula is C18H26Cl2N4OS. The number of nitrogens with zero attached hydrogens (tertiary/aromatic N) is 2. The van der Waals surface area contributed by atoms with Crippen molar-refractivity contribution in [2.24, 2.45) is 0 Å². The Morgan fingerprint density at radius 2 is 2.04 bits per heavy atom. The summed E-state index contributed by atoms with van der Waals surface area (Å²) in [5.41, 5.74) is 2.48. The molecule has 3 rings (SSSR count). The minimum Gasteiger partial charge on any atom is -0.320 e. The molecule has 0 spiro atoms. The molecule has 2 heterocycles. The van der Waals surface area contributed by atoms with E-state index < -0.39 is 0 Å². The predicted octanol–water partition coefficient (Wildman–Crippen LogP) is 3.48. The Labute approximate surface area is 171 Å². The molecule has 1 aromatic heterocycles. The van der Waals surface area contributed by atoms with E-state index in [9.17, 15) is 4.79 Å². The monoisotopic (exact) mass is 416 g/mol. The van der Waals surface area contributed by atoms with Gasteiger partial charge in [0, 0.05) is 37.4 Å². The Morgan fingerprint density at radius 1 is 1.27 bits per heavy atom. The van der Waals surface area contributed by atoms with Crippen LogP contribution in [0.25, 0.3) is 0 Å². The third kappa shape index (κ3) is 6.52. The molecule has 1 aromatic carbocycles. The van der Waals surface area contributed by atoms with E-state index in [0.29, 0.717) is 6.42 Å². The third-order valence-electron chi connectivity index (χ3n) is 4.14. The molecule has 0 radical (unpaired) electrons. The lowest BCUT2D eigenvalue weighted by Crippen LogP contribution is -2.29. The summed E-state index contributed by atoms with van der Waals surface area (Å²) in [7, 11) is 1.90. The summed E-state index contributed by atoms with van der Waals surface area (Å²) in [4.78, 5) is 20.2. The van der Waals surface area contributed by atoms with Crippen molar-refractivity contribution in [3.8, 4) is 0 Å². The normalized spacial score (nSPS) is 13.3. The minimum atomic E-state index is 0. The van der Waals surface area contributed by atoms with Gasteiger partial charge in [-0.05, 0) is 25.6 Å². The maximum absolute atomic E-state index is 11.9. The van der Waals surface area contributed by atoms with E-state index in [1.54, 1.807) is 11.3 Å². The van der Waals surface area contributed by atoms with Crippen LogP contribution in [-0.4, -0.2) is 35.9 Å². The number of anilines is 1. The van der Waals surface area contributed by atoms with Crippen molar-refractivity contribution in [3.63, 3.8) is 0 Å².